The van der Waals surface area contributed by atoms with Crippen LogP contribution in [0.1, 0.15) is 0 Å². The van der Waals surface area contributed by atoms with Crippen LogP contribution >= 0.6 is 0 Å². The van der Waals surface area contributed by atoms with Gasteiger partial charge in [0.2, 0.25) is 19.9 Å². The van der Waals surface area contributed by atoms with Crippen LogP contribution in [0.2, 0.25) is 0 Å². The van der Waals surface area contributed by atoms with Gasteiger partial charge in [0.05, 0.1) is 0 Å². The lowest BCUT2D eigenvalue weighted by Crippen LogP contribution is -2.33. The molecule has 10 heavy (non-hydrogen) atoms. The SMILES string of the molecule is O=S1(=O)[B]S(=O)(=O)O[B]O1. The fraction of sp³-hybridized carbons (Fsp3) is 0. The third-order valence-electron chi connectivity index (χ3n) is 0.583. The molecule has 6 nitrogen and oxygen atoms in total. The van der Waals surface area contributed by atoms with Gasteiger partial charge in [-0.3, -0.25) is 0 Å². The van der Waals surface area contributed by atoms with Gasteiger partial charge < -0.3 is 8.20 Å². The highest BCUT2D eigenvalue weighted by Gasteiger charge is 2.35. The molecule has 0 aliphatic carbocycles. The second-order valence-corrected chi connectivity index (χ2v) is 4.50. The molecule has 0 amide bonds. The average Bonchev–Trinajstić information content (AvgIpc) is 1.56. The van der Waals surface area contributed by atoms with E-state index < -0.39 is 19.9 Å². The van der Waals surface area contributed by atoms with Crippen molar-refractivity contribution >= 4 is 33.5 Å². The molecule has 1 aliphatic rings. The van der Waals surface area contributed by atoms with Gasteiger partial charge in [0.25, 0.3) is 0 Å². The Hall–Kier alpha value is -0.0501. The molecule has 0 aromatic carbocycles. The molecular formula is B2O6S2. The first-order valence-electron chi connectivity index (χ1n) is 1.94. The Bertz CT molecular complexity index is 276. The van der Waals surface area contributed by atoms with E-state index in [4.69, 9.17) is 0 Å². The normalized spacial score (nSPS) is 28.0. The van der Waals surface area contributed by atoms with E-state index in [1.165, 1.54) is 0 Å². The van der Waals surface area contributed by atoms with Crippen molar-refractivity contribution in [1.29, 1.82) is 0 Å². The summed E-state index contributed by atoms with van der Waals surface area (Å²) in [5, 5.41) is 0. The average molecular weight is 182 g/mol. The zero-order chi connectivity index (χ0) is 7.83. The molecule has 1 heterocycles. The van der Waals surface area contributed by atoms with Gasteiger partial charge in [-0.25, -0.2) is 16.8 Å². The molecule has 0 aromatic heterocycles. The number of rotatable bonds is 0. The summed E-state index contributed by atoms with van der Waals surface area (Å²) >= 11 is 0. The zero-order valence-corrected chi connectivity index (χ0v) is 6.05. The van der Waals surface area contributed by atoms with Crippen molar-refractivity contribution in [2.24, 2.45) is 0 Å². The molecule has 1 saturated heterocycles. The Morgan fingerprint density at radius 3 is 1.50 bits per heavy atom. The summed E-state index contributed by atoms with van der Waals surface area (Å²) in [7, 11) is -7.93. The van der Waals surface area contributed by atoms with Gasteiger partial charge in [-0.15, -0.1) is 0 Å². The van der Waals surface area contributed by atoms with Crippen LogP contribution in [-0.2, 0) is 28.1 Å². The first kappa shape index (κ1) is 8.05. The molecule has 2 radical (unpaired) electrons. The second kappa shape index (κ2) is 2.22. The van der Waals surface area contributed by atoms with Crippen molar-refractivity contribution in [3.63, 3.8) is 0 Å². The predicted molar refractivity (Wildman–Crippen MR) is 31.5 cm³/mol. The van der Waals surface area contributed by atoms with Crippen LogP contribution in [0.25, 0.3) is 0 Å². The van der Waals surface area contributed by atoms with Crippen LogP contribution in [0.15, 0.2) is 0 Å². The number of hydrogen-bond acceptors (Lipinski definition) is 6. The van der Waals surface area contributed by atoms with Crippen LogP contribution in [0.5, 0.6) is 0 Å². The van der Waals surface area contributed by atoms with Crippen LogP contribution in [-0.4, -0.2) is 30.4 Å². The van der Waals surface area contributed by atoms with E-state index >= 15 is 0 Å². The first-order valence-corrected chi connectivity index (χ1v) is 4.89. The lowest BCUT2D eigenvalue weighted by molar-refractivity contribution is 0.438. The maximum absolute atomic E-state index is 10.3. The molecule has 0 unspecified atom stereocenters. The number of hydrogen-bond donors (Lipinski definition) is 0. The van der Waals surface area contributed by atoms with E-state index in [1.807, 2.05) is 0 Å². The standard InChI is InChI=1S/B2O6S2/c3-9(4)2-10(5,6)8-1-7-9. The third-order valence-corrected chi connectivity index (χ3v) is 3.16. The maximum atomic E-state index is 10.3. The fourth-order valence-corrected chi connectivity index (χ4v) is 2.18. The predicted octanol–water partition coefficient (Wildman–Crippen LogP) is -2.24. The Morgan fingerprint density at radius 1 is 0.900 bits per heavy atom. The lowest BCUT2D eigenvalue weighted by Gasteiger charge is -2.08. The van der Waals surface area contributed by atoms with E-state index in [2.05, 4.69) is 8.20 Å². The molecule has 0 atom stereocenters. The largest absolute Gasteiger partial charge is 0.518 e. The van der Waals surface area contributed by atoms with Crippen LogP contribution in [0.3, 0.4) is 0 Å². The summed E-state index contributed by atoms with van der Waals surface area (Å²) in [5.41, 5.74) is 0. The van der Waals surface area contributed by atoms with Gasteiger partial charge in [0.15, 0.2) is 0 Å². The van der Waals surface area contributed by atoms with E-state index in [1.54, 1.807) is 0 Å². The minimum Gasteiger partial charge on any atom is -0.308 e. The first-order chi connectivity index (χ1) is 4.41. The van der Waals surface area contributed by atoms with Gasteiger partial charge >= 0.3 is 13.5 Å². The quantitative estimate of drug-likeness (QED) is 0.393. The Morgan fingerprint density at radius 2 is 1.30 bits per heavy atom. The Labute approximate surface area is 59.1 Å². The van der Waals surface area contributed by atoms with Gasteiger partial charge in [-0.05, 0) is 0 Å². The molecule has 1 fully saturated rings. The third kappa shape index (κ3) is 1.97. The van der Waals surface area contributed by atoms with Crippen molar-refractivity contribution in [3.05, 3.63) is 0 Å². The summed E-state index contributed by atoms with van der Waals surface area (Å²) in [5.74, 6) is -0.0139. The minimum atomic E-state index is -4.08. The monoisotopic (exact) mass is 182 g/mol. The van der Waals surface area contributed by atoms with Crippen molar-refractivity contribution in [2.75, 3.05) is 0 Å². The highest BCUT2D eigenvalue weighted by Crippen LogP contribution is 2.04. The molecule has 0 saturated carbocycles. The van der Waals surface area contributed by atoms with E-state index in [9.17, 15) is 16.8 Å². The summed E-state index contributed by atoms with van der Waals surface area (Å²) in [4.78, 5) is 0. The Kier molecular flexibility index (Phi) is 1.79. The van der Waals surface area contributed by atoms with Crippen molar-refractivity contribution in [1.82, 2.24) is 0 Å². The summed E-state index contributed by atoms with van der Waals surface area (Å²) < 4.78 is 48.8. The van der Waals surface area contributed by atoms with Crippen molar-refractivity contribution < 1.29 is 25.0 Å². The second-order valence-electron chi connectivity index (χ2n) is 1.37. The van der Waals surface area contributed by atoms with Crippen molar-refractivity contribution in [3.8, 4) is 0 Å². The van der Waals surface area contributed by atoms with Crippen molar-refractivity contribution in [2.45, 2.75) is 0 Å². The molecule has 0 bridgehead atoms. The maximum Gasteiger partial charge on any atom is 0.518 e. The van der Waals surface area contributed by atoms with E-state index in [-0.39, 0.29) is 13.5 Å². The van der Waals surface area contributed by atoms with Crippen LogP contribution in [0.4, 0.5) is 0 Å². The molecule has 10 heteroatoms. The molecule has 0 N–H and O–H groups in total. The highest BCUT2D eigenvalue weighted by atomic mass is 32.3. The molecule has 1 rings (SSSR count). The van der Waals surface area contributed by atoms with Gasteiger partial charge in [0.1, 0.15) is 0 Å². The Balaban J connectivity index is 2.97. The molecule has 1 aliphatic heterocycles. The van der Waals surface area contributed by atoms with Crippen LogP contribution < -0.4 is 0 Å². The molecular weight excluding hydrogens is 182 g/mol. The molecule has 54 valence electrons. The van der Waals surface area contributed by atoms with E-state index in [0.29, 0.717) is 0 Å². The zero-order valence-electron chi connectivity index (χ0n) is 4.42. The van der Waals surface area contributed by atoms with Gasteiger partial charge in [-0.1, -0.05) is 0 Å². The molecule has 0 spiro atoms. The molecule has 0 aromatic rings. The summed E-state index contributed by atoms with van der Waals surface area (Å²) in [6.07, 6.45) is 0. The lowest BCUT2D eigenvalue weighted by atomic mass is 10.4. The van der Waals surface area contributed by atoms with Crippen LogP contribution in [0, 0.1) is 0 Å². The topological polar surface area (TPSA) is 86.7 Å². The van der Waals surface area contributed by atoms with Gasteiger partial charge in [0, 0.05) is 0 Å². The van der Waals surface area contributed by atoms with E-state index in [0.717, 1.165) is 0 Å². The highest BCUT2D eigenvalue weighted by molar-refractivity contribution is 8.41. The fourth-order valence-electron chi connectivity index (χ4n) is 0.315. The minimum absolute atomic E-state index is 0.0139. The summed E-state index contributed by atoms with van der Waals surface area (Å²) in [6, 6.07) is 0. The van der Waals surface area contributed by atoms with Gasteiger partial charge in [-0.2, -0.15) is 0 Å². The summed E-state index contributed by atoms with van der Waals surface area (Å²) in [6.45, 7) is 0. The smallest absolute Gasteiger partial charge is 0.308 e.